The third-order valence-electron chi connectivity index (χ3n) is 5.58. The van der Waals surface area contributed by atoms with E-state index in [9.17, 15) is 0 Å². The van der Waals surface area contributed by atoms with Crippen molar-refractivity contribution in [3.05, 3.63) is 60.1 Å². The van der Waals surface area contributed by atoms with Gasteiger partial charge in [-0.2, -0.15) is 10.0 Å². The topological polar surface area (TPSA) is 24.3 Å². The lowest BCUT2D eigenvalue weighted by Crippen LogP contribution is -2.37. The zero-order chi connectivity index (χ0) is 21.3. The highest BCUT2D eigenvalue weighted by Gasteiger charge is 2.34. The number of unbranched alkanes of at least 4 members (excludes halogenated alkanes) is 1. The lowest BCUT2D eigenvalue weighted by atomic mass is 10.1. The molecule has 0 aliphatic carbocycles. The van der Waals surface area contributed by atoms with Crippen molar-refractivity contribution >= 4 is 21.5 Å². The van der Waals surface area contributed by atoms with E-state index in [-0.39, 0.29) is 0 Å². The summed E-state index contributed by atoms with van der Waals surface area (Å²) >= 11 is 0. The summed E-state index contributed by atoms with van der Waals surface area (Å²) in [5.74, 6) is 1.94. The van der Waals surface area contributed by atoms with Crippen LogP contribution in [0.1, 0.15) is 43.5 Å². The van der Waals surface area contributed by atoms with Crippen molar-refractivity contribution in [2.24, 2.45) is 0 Å². The Morgan fingerprint density at radius 1 is 1.00 bits per heavy atom. The number of hydrogen-bond acceptors (Lipinski definition) is 3. The molecule has 0 bridgehead atoms. The minimum Gasteiger partial charge on any atom is -0.327 e. The summed E-state index contributed by atoms with van der Waals surface area (Å²) in [5, 5.41) is 1.17. The van der Waals surface area contributed by atoms with Crippen LogP contribution in [0.15, 0.2) is 48.4 Å². The number of aryl methyl sites for hydroxylation is 1. The Kier molecular flexibility index (Phi) is 6.18. The lowest BCUT2D eigenvalue weighted by Gasteiger charge is -2.38. The van der Waals surface area contributed by atoms with Crippen molar-refractivity contribution in [3.63, 3.8) is 0 Å². The Morgan fingerprint density at radius 2 is 1.62 bits per heavy atom. The minimum absolute atomic E-state index is 0.812. The van der Waals surface area contributed by atoms with Gasteiger partial charge in [-0.15, -0.1) is 0 Å². The number of imidazole rings is 1. The summed E-state index contributed by atoms with van der Waals surface area (Å²) < 4.78 is 2.40. The molecule has 1 aliphatic heterocycles. The fourth-order valence-corrected chi connectivity index (χ4v) is 4.96. The van der Waals surface area contributed by atoms with Crippen molar-refractivity contribution in [1.82, 2.24) is 14.5 Å². The van der Waals surface area contributed by atoms with Gasteiger partial charge in [-0.05, 0) is 42.7 Å². The molecule has 0 fully saturated rings. The number of hydrogen-bond donors (Lipinski definition) is 0. The van der Waals surface area contributed by atoms with Gasteiger partial charge in [0.1, 0.15) is 11.5 Å². The van der Waals surface area contributed by atoms with Crippen LogP contribution in [0.4, 0.5) is 5.82 Å². The number of aromatic nitrogens is 2. The van der Waals surface area contributed by atoms with Gasteiger partial charge < -0.3 is 14.4 Å². The van der Waals surface area contributed by atoms with Gasteiger partial charge in [0, 0.05) is 13.6 Å². The van der Waals surface area contributed by atoms with E-state index < -0.39 is 10.0 Å². The molecule has 2 aromatic rings. The van der Waals surface area contributed by atoms with E-state index >= 15 is 0 Å². The SMILES string of the molecule is C=C1c2c(nc(S(C)(C)C)n2Cc2ccc(CC)cc2)N(C)C(=C)N1CCCC. The Morgan fingerprint density at radius 3 is 2.17 bits per heavy atom. The van der Waals surface area contributed by atoms with Crippen LogP contribution in [0.5, 0.6) is 0 Å². The second kappa shape index (κ2) is 8.31. The van der Waals surface area contributed by atoms with Gasteiger partial charge in [-0.1, -0.05) is 57.7 Å². The number of nitrogens with zero attached hydrogens (tertiary/aromatic N) is 4. The molecule has 1 aliphatic rings. The molecule has 0 N–H and O–H groups in total. The molecule has 0 atom stereocenters. The van der Waals surface area contributed by atoms with Crippen molar-refractivity contribution < 1.29 is 0 Å². The first-order valence-corrected chi connectivity index (χ1v) is 13.3. The van der Waals surface area contributed by atoms with E-state index in [0.29, 0.717) is 0 Å². The second-order valence-electron chi connectivity index (χ2n) is 8.59. The fourth-order valence-electron chi connectivity index (χ4n) is 3.78. The smallest absolute Gasteiger partial charge is 0.163 e. The van der Waals surface area contributed by atoms with Crippen molar-refractivity contribution in [3.8, 4) is 0 Å². The molecule has 5 heteroatoms. The van der Waals surface area contributed by atoms with E-state index in [2.05, 4.69) is 91.5 Å². The van der Waals surface area contributed by atoms with E-state index in [1.165, 1.54) is 16.3 Å². The molecule has 0 radical (unpaired) electrons. The molecular weight excluding hydrogens is 376 g/mol. The molecule has 0 amide bonds. The number of anilines is 1. The predicted octanol–water partition coefficient (Wildman–Crippen LogP) is 5.54. The highest BCUT2D eigenvalue weighted by atomic mass is 32.3. The maximum absolute atomic E-state index is 5.13. The molecule has 2 heterocycles. The minimum atomic E-state index is -1.02. The van der Waals surface area contributed by atoms with Crippen LogP contribution in [0, 0.1) is 0 Å². The second-order valence-corrected chi connectivity index (χ2v) is 12.6. The normalized spacial score (nSPS) is 15.1. The quantitative estimate of drug-likeness (QED) is 0.597. The summed E-state index contributed by atoms with van der Waals surface area (Å²) in [5.41, 5.74) is 4.82. The van der Waals surface area contributed by atoms with Crippen LogP contribution >= 0.6 is 10.0 Å². The van der Waals surface area contributed by atoms with E-state index in [1.54, 1.807) is 0 Å². The van der Waals surface area contributed by atoms with Crippen LogP contribution in [-0.4, -0.2) is 46.8 Å². The summed E-state index contributed by atoms with van der Waals surface area (Å²) in [6, 6.07) is 8.96. The van der Waals surface area contributed by atoms with Crippen LogP contribution in [0.2, 0.25) is 0 Å². The third kappa shape index (κ3) is 4.11. The van der Waals surface area contributed by atoms with Gasteiger partial charge in [-0.3, -0.25) is 0 Å². The van der Waals surface area contributed by atoms with Crippen molar-refractivity contribution in [2.45, 2.75) is 44.8 Å². The Hall–Kier alpha value is -2.14. The molecule has 0 unspecified atom stereocenters. The average Bonchev–Trinajstić information content (AvgIpc) is 3.07. The van der Waals surface area contributed by atoms with Gasteiger partial charge in [0.05, 0.1) is 12.2 Å². The van der Waals surface area contributed by atoms with E-state index in [1.807, 2.05) is 0 Å². The molecule has 0 saturated heterocycles. The summed E-state index contributed by atoms with van der Waals surface area (Å²) in [7, 11) is 1.05. The standard InChI is InChI=1S/C24H36N4S/c1-9-11-16-27-18(3)22-23(26(5)19(27)4)25-24(29(6,7)8)28(22)17-21-14-12-20(10-2)13-15-21/h12-15H,3-4,9-11,16-17H2,1-2,5-8H3. The van der Waals surface area contributed by atoms with Gasteiger partial charge in [0.25, 0.3) is 0 Å². The molecule has 1 aromatic carbocycles. The Bertz CT molecular complexity index is 902. The molecule has 0 spiro atoms. The molecule has 1 aromatic heterocycles. The Labute approximate surface area is 178 Å². The zero-order valence-corrected chi connectivity index (χ0v) is 19.8. The Balaban J connectivity index is 2.11. The van der Waals surface area contributed by atoms with E-state index in [0.717, 1.165) is 55.4 Å². The third-order valence-corrected chi connectivity index (χ3v) is 6.99. The first-order chi connectivity index (χ1) is 13.7. The number of benzene rings is 1. The monoisotopic (exact) mass is 412 g/mol. The van der Waals surface area contributed by atoms with Crippen molar-refractivity contribution in [1.29, 1.82) is 0 Å². The summed E-state index contributed by atoms with van der Waals surface area (Å²) in [6.45, 7) is 15.0. The highest BCUT2D eigenvalue weighted by molar-refractivity contribution is 8.32. The van der Waals surface area contributed by atoms with Crippen LogP contribution in [0.25, 0.3) is 5.70 Å². The van der Waals surface area contributed by atoms with Crippen LogP contribution in [0.3, 0.4) is 0 Å². The lowest BCUT2D eigenvalue weighted by molar-refractivity contribution is 0.448. The predicted molar refractivity (Wildman–Crippen MR) is 129 cm³/mol. The highest BCUT2D eigenvalue weighted by Crippen LogP contribution is 2.49. The first kappa shape index (κ1) is 21.6. The van der Waals surface area contributed by atoms with Gasteiger partial charge in [0.2, 0.25) is 0 Å². The van der Waals surface area contributed by atoms with Gasteiger partial charge >= 0.3 is 0 Å². The van der Waals surface area contributed by atoms with Crippen molar-refractivity contribution in [2.75, 3.05) is 37.3 Å². The number of fused-ring (bicyclic) bond motifs is 1. The summed E-state index contributed by atoms with van der Waals surface area (Å²) in [6.07, 6.45) is 10.3. The molecule has 3 rings (SSSR count). The number of rotatable bonds is 7. The fraction of sp³-hybridized carbons (Fsp3) is 0.458. The molecule has 4 nitrogen and oxygen atoms in total. The zero-order valence-electron chi connectivity index (χ0n) is 19.0. The maximum Gasteiger partial charge on any atom is 0.163 e. The maximum atomic E-state index is 5.13. The van der Waals surface area contributed by atoms with Crippen LogP contribution < -0.4 is 4.90 Å². The largest absolute Gasteiger partial charge is 0.327 e. The summed E-state index contributed by atoms with van der Waals surface area (Å²) in [4.78, 5) is 9.51. The van der Waals surface area contributed by atoms with E-state index in [4.69, 9.17) is 4.98 Å². The molecule has 158 valence electrons. The average molecular weight is 413 g/mol. The van der Waals surface area contributed by atoms with Gasteiger partial charge in [0.15, 0.2) is 11.0 Å². The van der Waals surface area contributed by atoms with Crippen LogP contribution in [-0.2, 0) is 13.0 Å². The van der Waals surface area contributed by atoms with Gasteiger partial charge in [-0.25, -0.2) is 4.98 Å². The first-order valence-electron chi connectivity index (χ1n) is 10.4. The molecule has 29 heavy (non-hydrogen) atoms. The molecular formula is C24H36N4S. The molecule has 0 saturated carbocycles.